The van der Waals surface area contributed by atoms with Crippen molar-refractivity contribution in [2.75, 3.05) is 13.1 Å². The van der Waals surface area contributed by atoms with Crippen molar-refractivity contribution in [1.29, 1.82) is 0 Å². The highest BCUT2D eigenvalue weighted by molar-refractivity contribution is 7.97. The molecule has 4 nitrogen and oxygen atoms in total. The van der Waals surface area contributed by atoms with Crippen LogP contribution < -0.4 is 5.48 Å². The van der Waals surface area contributed by atoms with Gasteiger partial charge in [-0.3, -0.25) is 10.0 Å². The lowest BCUT2D eigenvalue weighted by Gasteiger charge is -2.21. The van der Waals surface area contributed by atoms with Crippen LogP contribution in [-0.4, -0.2) is 28.5 Å². The van der Waals surface area contributed by atoms with Gasteiger partial charge in [-0.1, -0.05) is 43.7 Å². The highest BCUT2D eigenvalue weighted by atomic mass is 32.2. The molecule has 0 aliphatic heterocycles. The van der Waals surface area contributed by atoms with Crippen LogP contribution in [0.25, 0.3) is 10.8 Å². The van der Waals surface area contributed by atoms with E-state index in [0.717, 1.165) is 17.9 Å². The van der Waals surface area contributed by atoms with Crippen LogP contribution >= 0.6 is 11.9 Å². The normalized spacial score (nSPS) is 11.4. The van der Waals surface area contributed by atoms with Gasteiger partial charge >= 0.3 is 0 Å². The summed E-state index contributed by atoms with van der Waals surface area (Å²) >= 11 is 1.55. The molecule has 0 bridgehead atoms. The standard InChI is InChI=1S/C18H24N2O2S/c1-13(2)8-9-20(12-18(21)19-22)23-17-7-6-15-10-14(3)4-5-16(15)11-17/h4-7,10-11,13,22H,8-9,12H2,1-3H3,(H,19,21). The van der Waals surface area contributed by atoms with Gasteiger partial charge in [0.25, 0.3) is 5.91 Å². The van der Waals surface area contributed by atoms with Crippen molar-refractivity contribution >= 4 is 28.6 Å². The van der Waals surface area contributed by atoms with Gasteiger partial charge in [0.15, 0.2) is 0 Å². The van der Waals surface area contributed by atoms with Crippen LogP contribution in [-0.2, 0) is 4.79 Å². The van der Waals surface area contributed by atoms with Crippen LogP contribution in [0.15, 0.2) is 41.3 Å². The number of nitrogens with one attached hydrogen (secondary N) is 1. The third kappa shape index (κ3) is 5.53. The molecule has 2 rings (SSSR count). The Hall–Kier alpha value is -1.56. The number of aryl methyl sites for hydroxylation is 1. The molecule has 2 aromatic carbocycles. The van der Waals surface area contributed by atoms with Crippen molar-refractivity contribution in [3.8, 4) is 0 Å². The summed E-state index contributed by atoms with van der Waals surface area (Å²) in [4.78, 5) is 12.6. The van der Waals surface area contributed by atoms with E-state index in [9.17, 15) is 4.79 Å². The van der Waals surface area contributed by atoms with Crippen molar-refractivity contribution in [3.63, 3.8) is 0 Å². The minimum Gasteiger partial charge on any atom is -0.289 e. The first-order valence-corrected chi connectivity index (χ1v) is 8.61. The molecule has 0 radical (unpaired) electrons. The van der Waals surface area contributed by atoms with Crippen molar-refractivity contribution < 1.29 is 10.0 Å². The Kier molecular flexibility index (Phi) is 6.45. The van der Waals surface area contributed by atoms with Crippen molar-refractivity contribution in [1.82, 2.24) is 9.79 Å². The van der Waals surface area contributed by atoms with Gasteiger partial charge in [-0.25, -0.2) is 9.79 Å². The quantitative estimate of drug-likeness (QED) is 0.457. The molecule has 0 heterocycles. The number of amides is 1. The fourth-order valence-electron chi connectivity index (χ4n) is 2.30. The van der Waals surface area contributed by atoms with Gasteiger partial charge in [-0.05, 0) is 54.1 Å². The Morgan fingerprint density at radius 2 is 1.91 bits per heavy atom. The summed E-state index contributed by atoms with van der Waals surface area (Å²) in [6.07, 6.45) is 0.998. The topological polar surface area (TPSA) is 52.6 Å². The molecule has 0 saturated heterocycles. The summed E-state index contributed by atoms with van der Waals surface area (Å²) in [5.41, 5.74) is 2.96. The molecule has 0 fully saturated rings. The smallest absolute Gasteiger partial charge is 0.258 e. The van der Waals surface area contributed by atoms with Gasteiger partial charge in [0.2, 0.25) is 0 Å². The molecule has 2 aromatic rings. The van der Waals surface area contributed by atoms with Gasteiger partial charge in [0.05, 0.1) is 6.54 Å². The zero-order valence-electron chi connectivity index (χ0n) is 13.9. The Balaban J connectivity index is 2.13. The van der Waals surface area contributed by atoms with Crippen LogP contribution in [0, 0.1) is 12.8 Å². The third-order valence-electron chi connectivity index (χ3n) is 3.60. The first kappa shape index (κ1) is 17.8. The lowest BCUT2D eigenvalue weighted by atomic mass is 10.1. The number of nitrogens with zero attached hydrogens (tertiary/aromatic N) is 1. The molecule has 5 heteroatoms. The summed E-state index contributed by atoms with van der Waals surface area (Å²) in [6.45, 7) is 7.37. The number of benzene rings is 2. The minimum absolute atomic E-state index is 0.166. The number of hydrogen-bond donors (Lipinski definition) is 2. The SMILES string of the molecule is Cc1ccc2cc(SN(CCC(C)C)CC(=O)NO)ccc2c1. The first-order valence-electron chi connectivity index (χ1n) is 7.84. The lowest BCUT2D eigenvalue weighted by molar-refractivity contribution is -0.129. The van der Waals surface area contributed by atoms with E-state index in [2.05, 4.69) is 57.2 Å². The van der Waals surface area contributed by atoms with Crippen LogP contribution in [0.4, 0.5) is 0 Å². The molecule has 0 aliphatic carbocycles. The molecular weight excluding hydrogens is 308 g/mol. The highest BCUT2D eigenvalue weighted by Gasteiger charge is 2.13. The molecule has 0 unspecified atom stereocenters. The average Bonchev–Trinajstić information content (AvgIpc) is 2.52. The summed E-state index contributed by atoms with van der Waals surface area (Å²) < 4.78 is 1.99. The van der Waals surface area contributed by atoms with Gasteiger partial charge < -0.3 is 0 Å². The summed E-state index contributed by atoms with van der Waals surface area (Å²) in [6, 6.07) is 12.7. The highest BCUT2D eigenvalue weighted by Crippen LogP contribution is 2.27. The van der Waals surface area contributed by atoms with Crippen molar-refractivity contribution in [3.05, 3.63) is 42.0 Å². The second-order valence-corrected chi connectivity index (χ2v) is 7.36. The third-order valence-corrected chi connectivity index (χ3v) is 4.64. The monoisotopic (exact) mass is 332 g/mol. The van der Waals surface area contributed by atoms with Crippen LogP contribution in [0.1, 0.15) is 25.8 Å². The van der Waals surface area contributed by atoms with Crippen LogP contribution in [0.2, 0.25) is 0 Å². The predicted molar refractivity (Wildman–Crippen MR) is 95.5 cm³/mol. The Morgan fingerprint density at radius 1 is 1.22 bits per heavy atom. The molecule has 1 amide bonds. The van der Waals surface area contributed by atoms with Gasteiger partial charge in [0, 0.05) is 11.4 Å². The number of fused-ring (bicyclic) bond motifs is 1. The van der Waals surface area contributed by atoms with Crippen LogP contribution in [0.3, 0.4) is 0 Å². The molecule has 0 aromatic heterocycles. The van der Waals surface area contributed by atoms with E-state index in [-0.39, 0.29) is 6.54 Å². The van der Waals surface area contributed by atoms with Crippen LogP contribution in [0.5, 0.6) is 0 Å². The number of carbonyl (C=O) groups excluding carboxylic acids is 1. The van der Waals surface area contributed by atoms with Gasteiger partial charge in [-0.15, -0.1) is 0 Å². The Bertz CT molecular complexity index is 673. The molecule has 0 saturated carbocycles. The molecule has 0 atom stereocenters. The van der Waals surface area contributed by atoms with Crippen molar-refractivity contribution in [2.45, 2.75) is 32.1 Å². The summed E-state index contributed by atoms with van der Waals surface area (Å²) in [7, 11) is 0. The fourth-order valence-corrected chi connectivity index (χ4v) is 3.29. The number of hydrogen-bond acceptors (Lipinski definition) is 4. The van der Waals surface area contributed by atoms with Gasteiger partial charge in [-0.2, -0.15) is 0 Å². The van der Waals surface area contributed by atoms with E-state index < -0.39 is 5.91 Å². The Morgan fingerprint density at radius 3 is 2.61 bits per heavy atom. The number of rotatable bonds is 7. The Labute approximate surface area is 142 Å². The van der Waals surface area contributed by atoms with E-state index in [4.69, 9.17) is 5.21 Å². The zero-order valence-corrected chi connectivity index (χ0v) is 14.7. The minimum atomic E-state index is -0.391. The van der Waals surface area contributed by atoms with Crippen molar-refractivity contribution in [2.24, 2.45) is 5.92 Å². The maximum absolute atomic E-state index is 11.5. The number of carbonyl (C=O) groups is 1. The first-order chi connectivity index (χ1) is 11.0. The van der Waals surface area contributed by atoms with E-state index in [1.54, 1.807) is 17.4 Å². The summed E-state index contributed by atoms with van der Waals surface area (Å²) in [5.74, 6) is 0.174. The predicted octanol–water partition coefficient (Wildman–Crippen LogP) is 4.01. The maximum Gasteiger partial charge on any atom is 0.258 e. The zero-order chi connectivity index (χ0) is 16.8. The number of hydroxylamine groups is 1. The molecular formula is C18H24N2O2S. The summed E-state index contributed by atoms with van der Waals surface area (Å²) in [5, 5.41) is 11.2. The molecule has 23 heavy (non-hydrogen) atoms. The largest absolute Gasteiger partial charge is 0.289 e. The second kappa shape index (κ2) is 8.34. The molecule has 124 valence electrons. The van der Waals surface area contributed by atoms with E-state index in [0.29, 0.717) is 5.92 Å². The van der Waals surface area contributed by atoms with E-state index in [1.807, 2.05) is 4.31 Å². The maximum atomic E-state index is 11.5. The molecule has 0 aliphatic rings. The van der Waals surface area contributed by atoms with E-state index >= 15 is 0 Å². The second-order valence-electron chi connectivity index (χ2n) is 6.18. The fraction of sp³-hybridized carbons (Fsp3) is 0.389. The van der Waals surface area contributed by atoms with E-state index in [1.165, 1.54) is 16.3 Å². The average molecular weight is 332 g/mol. The molecule has 2 N–H and O–H groups in total. The molecule has 0 spiro atoms. The van der Waals surface area contributed by atoms with Gasteiger partial charge in [0.1, 0.15) is 0 Å². The lowest BCUT2D eigenvalue weighted by Crippen LogP contribution is -2.32.